The molecule has 4 aromatic rings. The molecule has 0 bridgehead atoms. The first-order chi connectivity index (χ1) is 15.6. The van der Waals surface area contributed by atoms with Gasteiger partial charge in [0.15, 0.2) is 5.65 Å². The lowest BCUT2D eigenvalue weighted by Gasteiger charge is -2.11. The van der Waals surface area contributed by atoms with Crippen LogP contribution in [0.15, 0.2) is 48.9 Å². The highest BCUT2D eigenvalue weighted by molar-refractivity contribution is 5.89. The number of imidazole rings is 1. The van der Waals surface area contributed by atoms with Crippen molar-refractivity contribution in [3.8, 4) is 23.1 Å². The second-order valence-corrected chi connectivity index (χ2v) is 7.52. The van der Waals surface area contributed by atoms with Crippen molar-refractivity contribution in [1.29, 1.82) is 0 Å². The van der Waals surface area contributed by atoms with E-state index in [-0.39, 0.29) is 17.9 Å². The number of esters is 1. The Morgan fingerprint density at radius 1 is 1.06 bits per heavy atom. The first-order valence-corrected chi connectivity index (χ1v) is 10.1. The van der Waals surface area contributed by atoms with Crippen LogP contribution in [-0.2, 0) is 4.74 Å². The summed E-state index contributed by atoms with van der Waals surface area (Å²) in [6, 6.07) is 9.85. The van der Waals surface area contributed by atoms with Gasteiger partial charge < -0.3 is 14.2 Å². The molecule has 9 nitrogen and oxygen atoms in total. The molecule has 0 unspecified atom stereocenters. The van der Waals surface area contributed by atoms with Gasteiger partial charge in [0.2, 0.25) is 5.88 Å². The van der Waals surface area contributed by atoms with E-state index < -0.39 is 0 Å². The molecule has 1 aromatic carbocycles. The standard InChI is InChI=1S/C23H21N5O4/c1-30-21-18(12-25-23(26-21)32-3)19-11-17(20-24-8-9-28(20)27-19)16-10-15(16)13-4-6-14(7-5-13)22(29)31-2/h4-9,11-12,15-16H,10H2,1-3H3/t15-,16+/m1/s1. The van der Waals surface area contributed by atoms with Gasteiger partial charge in [-0.25, -0.2) is 19.3 Å². The lowest BCUT2D eigenvalue weighted by molar-refractivity contribution is 0.0600. The normalized spacial score (nSPS) is 17.2. The Morgan fingerprint density at radius 3 is 2.59 bits per heavy atom. The lowest BCUT2D eigenvalue weighted by atomic mass is 10.0. The molecule has 0 saturated heterocycles. The number of hydrogen-bond acceptors (Lipinski definition) is 8. The summed E-state index contributed by atoms with van der Waals surface area (Å²) in [6.45, 7) is 0. The van der Waals surface area contributed by atoms with Crippen molar-refractivity contribution in [2.45, 2.75) is 18.3 Å². The van der Waals surface area contributed by atoms with Gasteiger partial charge in [-0.2, -0.15) is 10.1 Å². The molecule has 3 heterocycles. The Bertz CT molecular complexity index is 1300. The minimum atomic E-state index is -0.336. The zero-order valence-corrected chi connectivity index (χ0v) is 17.8. The van der Waals surface area contributed by atoms with Gasteiger partial charge in [-0.1, -0.05) is 12.1 Å². The molecule has 5 rings (SSSR count). The highest BCUT2D eigenvalue weighted by atomic mass is 16.5. The molecular formula is C23H21N5O4. The molecule has 1 fully saturated rings. The molecule has 1 aliphatic rings. The van der Waals surface area contributed by atoms with Crippen LogP contribution in [0, 0.1) is 0 Å². The predicted molar refractivity (Wildman–Crippen MR) is 115 cm³/mol. The smallest absolute Gasteiger partial charge is 0.337 e. The minimum Gasteiger partial charge on any atom is -0.480 e. The fourth-order valence-corrected chi connectivity index (χ4v) is 4.02. The van der Waals surface area contributed by atoms with Gasteiger partial charge in [0.25, 0.3) is 0 Å². The van der Waals surface area contributed by atoms with E-state index in [0.29, 0.717) is 28.6 Å². The third-order valence-corrected chi connectivity index (χ3v) is 5.72. The summed E-state index contributed by atoms with van der Waals surface area (Å²) in [4.78, 5) is 24.7. The Hall–Kier alpha value is -4.01. The van der Waals surface area contributed by atoms with Gasteiger partial charge in [-0.05, 0) is 42.0 Å². The summed E-state index contributed by atoms with van der Waals surface area (Å²) in [6.07, 6.45) is 6.19. The van der Waals surface area contributed by atoms with E-state index in [1.54, 1.807) is 36.2 Å². The molecule has 0 aliphatic heterocycles. The number of fused-ring (bicyclic) bond motifs is 1. The van der Waals surface area contributed by atoms with Crippen LogP contribution < -0.4 is 9.47 Å². The molecule has 0 radical (unpaired) electrons. The van der Waals surface area contributed by atoms with Gasteiger partial charge in [-0.15, -0.1) is 0 Å². The Kier molecular flexibility index (Phi) is 4.93. The second kappa shape index (κ2) is 7.92. The van der Waals surface area contributed by atoms with E-state index in [4.69, 9.17) is 14.2 Å². The van der Waals surface area contributed by atoms with Crippen LogP contribution in [0.3, 0.4) is 0 Å². The number of benzene rings is 1. The zero-order chi connectivity index (χ0) is 22.2. The van der Waals surface area contributed by atoms with Crippen molar-refractivity contribution >= 4 is 11.6 Å². The minimum absolute atomic E-state index is 0.229. The highest BCUT2D eigenvalue weighted by Gasteiger charge is 2.41. The van der Waals surface area contributed by atoms with E-state index in [1.165, 1.54) is 19.8 Å². The fraction of sp³-hybridized carbons (Fsp3) is 0.261. The van der Waals surface area contributed by atoms with Crippen molar-refractivity contribution in [2.75, 3.05) is 21.3 Å². The van der Waals surface area contributed by atoms with Crippen LogP contribution in [0.1, 0.15) is 39.7 Å². The SMILES string of the molecule is COC(=O)c1ccc([C@H]2C[C@@H]2c2cc(-c3cnc(OC)nc3OC)nn3ccnc23)cc1. The molecule has 0 spiro atoms. The van der Waals surface area contributed by atoms with Crippen LogP contribution >= 0.6 is 0 Å². The zero-order valence-electron chi connectivity index (χ0n) is 17.8. The Morgan fingerprint density at radius 2 is 1.88 bits per heavy atom. The average molecular weight is 431 g/mol. The number of carbonyl (C=O) groups is 1. The van der Waals surface area contributed by atoms with Crippen LogP contribution in [0.5, 0.6) is 11.9 Å². The summed E-state index contributed by atoms with van der Waals surface area (Å²) in [7, 11) is 4.44. The van der Waals surface area contributed by atoms with Crippen LogP contribution in [0.4, 0.5) is 0 Å². The number of methoxy groups -OCH3 is 3. The van der Waals surface area contributed by atoms with Gasteiger partial charge in [0, 0.05) is 24.2 Å². The largest absolute Gasteiger partial charge is 0.480 e. The first-order valence-electron chi connectivity index (χ1n) is 10.1. The van der Waals surface area contributed by atoms with Crippen molar-refractivity contribution in [3.05, 3.63) is 65.6 Å². The Balaban J connectivity index is 1.51. The molecule has 162 valence electrons. The van der Waals surface area contributed by atoms with Crippen molar-refractivity contribution in [2.24, 2.45) is 0 Å². The Labute approximate surface area is 184 Å². The summed E-state index contributed by atoms with van der Waals surface area (Å²) in [5, 5.41) is 4.68. The first kappa shape index (κ1) is 19.9. The topological polar surface area (TPSA) is 101 Å². The maximum Gasteiger partial charge on any atom is 0.337 e. The second-order valence-electron chi connectivity index (χ2n) is 7.52. The number of rotatable bonds is 6. The van der Waals surface area contributed by atoms with Crippen LogP contribution in [0.25, 0.3) is 16.9 Å². The van der Waals surface area contributed by atoms with Gasteiger partial charge >= 0.3 is 12.0 Å². The molecule has 32 heavy (non-hydrogen) atoms. The molecule has 2 atom stereocenters. The summed E-state index contributed by atoms with van der Waals surface area (Å²) in [5.74, 6) is 0.681. The fourth-order valence-electron chi connectivity index (χ4n) is 4.02. The van der Waals surface area contributed by atoms with Gasteiger partial charge in [0.05, 0.1) is 38.2 Å². The van der Waals surface area contributed by atoms with E-state index in [0.717, 1.165) is 17.6 Å². The molecule has 9 heteroatoms. The van der Waals surface area contributed by atoms with Crippen molar-refractivity contribution in [3.63, 3.8) is 0 Å². The number of hydrogen-bond donors (Lipinski definition) is 0. The predicted octanol–water partition coefficient (Wildman–Crippen LogP) is 3.26. The number of nitrogens with zero attached hydrogens (tertiary/aromatic N) is 5. The maximum atomic E-state index is 11.7. The van der Waals surface area contributed by atoms with Crippen molar-refractivity contribution in [1.82, 2.24) is 24.6 Å². The van der Waals surface area contributed by atoms with E-state index in [2.05, 4.69) is 20.1 Å². The maximum absolute atomic E-state index is 11.7. The summed E-state index contributed by atoms with van der Waals surface area (Å²) in [5.41, 5.74) is 5.00. The molecule has 1 saturated carbocycles. The number of ether oxygens (including phenoxy) is 3. The summed E-state index contributed by atoms with van der Waals surface area (Å²) < 4.78 is 17.1. The third-order valence-electron chi connectivity index (χ3n) is 5.72. The van der Waals surface area contributed by atoms with Gasteiger partial charge in [-0.3, -0.25) is 0 Å². The molecule has 3 aromatic heterocycles. The van der Waals surface area contributed by atoms with Crippen LogP contribution in [-0.4, -0.2) is 51.9 Å². The number of aromatic nitrogens is 5. The van der Waals surface area contributed by atoms with Gasteiger partial charge in [0.1, 0.15) is 0 Å². The highest BCUT2D eigenvalue weighted by Crippen LogP contribution is 2.55. The van der Waals surface area contributed by atoms with Crippen molar-refractivity contribution < 1.29 is 19.0 Å². The molecule has 0 N–H and O–H groups in total. The molecular weight excluding hydrogens is 410 g/mol. The summed E-state index contributed by atoms with van der Waals surface area (Å²) >= 11 is 0. The third kappa shape index (κ3) is 3.41. The quantitative estimate of drug-likeness (QED) is 0.429. The number of carbonyl (C=O) groups excluding carboxylic acids is 1. The van der Waals surface area contributed by atoms with E-state index in [9.17, 15) is 4.79 Å². The average Bonchev–Trinajstić information content (AvgIpc) is 3.50. The molecule has 1 aliphatic carbocycles. The van der Waals surface area contributed by atoms with Crippen LogP contribution in [0.2, 0.25) is 0 Å². The molecule has 0 amide bonds. The monoisotopic (exact) mass is 431 g/mol. The van der Waals surface area contributed by atoms with E-state index in [1.807, 2.05) is 24.4 Å². The van der Waals surface area contributed by atoms with E-state index >= 15 is 0 Å². The lowest BCUT2D eigenvalue weighted by Crippen LogP contribution is -2.03.